The lowest BCUT2D eigenvalue weighted by molar-refractivity contribution is 0.559. The molecule has 1 heterocycles. The summed E-state index contributed by atoms with van der Waals surface area (Å²) in [6, 6.07) is 8.65. The second-order valence-electron chi connectivity index (χ2n) is 3.74. The first kappa shape index (κ1) is 10.8. The Balaban J connectivity index is 1.95. The largest absolute Gasteiger partial charge is 0.305 e. The van der Waals surface area contributed by atoms with Gasteiger partial charge in [-0.25, -0.2) is 4.39 Å². The fourth-order valence-electron chi connectivity index (χ4n) is 1.54. The van der Waals surface area contributed by atoms with Crippen LogP contribution in [0.2, 0.25) is 0 Å². The summed E-state index contributed by atoms with van der Waals surface area (Å²) >= 11 is 0. The number of halogens is 1. The maximum Gasteiger partial charge on any atom is 0.123 e. The molecule has 0 radical (unpaired) electrons. The summed E-state index contributed by atoms with van der Waals surface area (Å²) in [6.07, 6.45) is 1.71. The van der Waals surface area contributed by atoms with Crippen molar-refractivity contribution in [2.45, 2.75) is 19.5 Å². The van der Waals surface area contributed by atoms with Crippen LogP contribution < -0.4 is 5.32 Å². The Morgan fingerprint density at radius 1 is 1.44 bits per heavy atom. The Labute approximate surface area is 93.7 Å². The lowest BCUT2D eigenvalue weighted by Crippen LogP contribution is -2.18. The summed E-state index contributed by atoms with van der Waals surface area (Å²) in [7, 11) is 0. The van der Waals surface area contributed by atoms with E-state index in [1.807, 2.05) is 19.1 Å². The van der Waals surface area contributed by atoms with E-state index in [1.165, 1.54) is 6.07 Å². The molecule has 0 saturated carbocycles. The highest BCUT2D eigenvalue weighted by atomic mass is 19.1. The zero-order valence-corrected chi connectivity index (χ0v) is 9.07. The number of rotatable bonds is 4. The third-order valence-electron chi connectivity index (χ3n) is 2.51. The highest BCUT2D eigenvalue weighted by Gasteiger charge is 2.05. The summed E-state index contributed by atoms with van der Waals surface area (Å²) in [5.41, 5.74) is 1.96. The number of aromatic nitrogens is 2. The van der Waals surface area contributed by atoms with Crippen LogP contribution in [0.25, 0.3) is 0 Å². The lowest BCUT2D eigenvalue weighted by atomic mass is 10.1. The number of benzene rings is 1. The molecule has 2 N–H and O–H groups in total. The second-order valence-corrected chi connectivity index (χ2v) is 3.74. The van der Waals surface area contributed by atoms with Gasteiger partial charge in [-0.05, 0) is 30.7 Å². The molecule has 1 atom stereocenters. The third kappa shape index (κ3) is 2.67. The van der Waals surface area contributed by atoms with Gasteiger partial charge in [-0.15, -0.1) is 0 Å². The van der Waals surface area contributed by atoms with Gasteiger partial charge in [0.2, 0.25) is 0 Å². The first-order valence-electron chi connectivity index (χ1n) is 5.23. The number of hydrogen-bond acceptors (Lipinski definition) is 2. The maximum absolute atomic E-state index is 13.0. The average Bonchev–Trinajstić information content (AvgIpc) is 2.78. The van der Waals surface area contributed by atoms with Crippen LogP contribution in [-0.2, 0) is 6.54 Å². The Morgan fingerprint density at radius 2 is 2.31 bits per heavy atom. The first-order chi connectivity index (χ1) is 7.75. The third-order valence-corrected chi connectivity index (χ3v) is 2.51. The van der Waals surface area contributed by atoms with Crippen LogP contribution in [0.3, 0.4) is 0 Å². The molecule has 0 saturated heterocycles. The van der Waals surface area contributed by atoms with Gasteiger partial charge in [0.25, 0.3) is 0 Å². The molecule has 0 aliphatic rings. The van der Waals surface area contributed by atoms with Crippen molar-refractivity contribution in [1.29, 1.82) is 0 Å². The molecule has 16 heavy (non-hydrogen) atoms. The molecule has 0 bridgehead atoms. The minimum atomic E-state index is -0.201. The van der Waals surface area contributed by atoms with Crippen LogP contribution in [0.5, 0.6) is 0 Å². The van der Waals surface area contributed by atoms with Crippen molar-refractivity contribution in [2.24, 2.45) is 0 Å². The molecule has 4 heteroatoms. The van der Waals surface area contributed by atoms with E-state index < -0.39 is 0 Å². The molecule has 0 amide bonds. The maximum atomic E-state index is 13.0. The fraction of sp³-hybridized carbons (Fsp3) is 0.250. The van der Waals surface area contributed by atoms with Gasteiger partial charge in [-0.3, -0.25) is 5.10 Å². The van der Waals surface area contributed by atoms with Gasteiger partial charge in [0.05, 0.1) is 0 Å². The molecule has 84 valence electrons. The predicted molar refractivity (Wildman–Crippen MR) is 60.2 cm³/mol. The monoisotopic (exact) mass is 219 g/mol. The molecule has 1 aromatic heterocycles. The van der Waals surface area contributed by atoms with E-state index in [1.54, 1.807) is 18.3 Å². The standard InChI is InChI=1S/C12H14FN3/c1-9(10-3-2-4-11(13)7-10)14-8-12-5-6-15-16-12/h2-7,9,14H,8H2,1H3,(H,15,16)/t9-/m0/s1. The van der Waals surface area contributed by atoms with Gasteiger partial charge in [-0.1, -0.05) is 12.1 Å². The topological polar surface area (TPSA) is 40.7 Å². The quantitative estimate of drug-likeness (QED) is 0.829. The minimum Gasteiger partial charge on any atom is -0.305 e. The van der Waals surface area contributed by atoms with Crippen molar-refractivity contribution >= 4 is 0 Å². The second kappa shape index (κ2) is 4.90. The van der Waals surface area contributed by atoms with Gasteiger partial charge in [0, 0.05) is 24.5 Å². The van der Waals surface area contributed by atoms with Crippen molar-refractivity contribution < 1.29 is 4.39 Å². The summed E-state index contributed by atoms with van der Waals surface area (Å²) in [4.78, 5) is 0. The first-order valence-corrected chi connectivity index (χ1v) is 5.23. The zero-order chi connectivity index (χ0) is 11.4. The van der Waals surface area contributed by atoms with E-state index >= 15 is 0 Å². The number of nitrogens with one attached hydrogen (secondary N) is 2. The van der Waals surface area contributed by atoms with E-state index in [0.717, 1.165) is 11.3 Å². The molecular formula is C12H14FN3. The van der Waals surface area contributed by atoms with Crippen molar-refractivity contribution in [3.63, 3.8) is 0 Å². The van der Waals surface area contributed by atoms with Crippen molar-refractivity contribution in [3.8, 4) is 0 Å². The SMILES string of the molecule is C[C@H](NCc1ccn[nH]1)c1cccc(F)c1. The van der Waals surface area contributed by atoms with Crippen molar-refractivity contribution in [3.05, 3.63) is 53.6 Å². The number of nitrogens with zero attached hydrogens (tertiary/aromatic N) is 1. The highest BCUT2D eigenvalue weighted by Crippen LogP contribution is 2.13. The predicted octanol–water partition coefficient (Wildman–Crippen LogP) is 2.40. The highest BCUT2D eigenvalue weighted by molar-refractivity contribution is 5.19. The molecule has 0 spiro atoms. The van der Waals surface area contributed by atoms with E-state index in [2.05, 4.69) is 15.5 Å². The molecule has 0 fully saturated rings. The number of hydrogen-bond donors (Lipinski definition) is 2. The van der Waals surface area contributed by atoms with Crippen molar-refractivity contribution in [1.82, 2.24) is 15.5 Å². The van der Waals surface area contributed by atoms with Gasteiger partial charge in [0.1, 0.15) is 5.82 Å². The summed E-state index contributed by atoms with van der Waals surface area (Å²) in [5, 5.41) is 10.0. The van der Waals surface area contributed by atoms with Crippen LogP contribution in [-0.4, -0.2) is 10.2 Å². The molecular weight excluding hydrogens is 205 g/mol. The average molecular weight is 219 g/mol. The molecule has 3 nitrogen and oxygen atoms in total. The van der Waals surface area contributed by atoms with E-state index in [9.17, 15) is 4.39 Å². The summed E-state index contributed by atoms with van der Waals surface area (Å²) in [5.74, 6) is -0.201. The number of H-pyrrole nitrogens is 1. The van der Waals surface area contributed by atoms with Gasteiger partial charge < -0.3 is 5.32 Å². The van der Waals surface area contributed by atoms with E-state index in [-0.39, 0.29) is 11.9 Å². The minimum absolute atomic E-state index is 0.110. The molecule has 2 aromatic rings. The summed E-state index contributed by atoms with van der Waals surface area (Å²) < 4.78 is 13.0. The molecule has 0 aliphatic heterocycles. The van der Waals surface area contributed by atoms with Gasteiger partial charge >= 0.3 is 0 Å². The van der Waals surface area contributed by atoms with E-state index in [0.29, 0.717) is 6.54 Å². The number of aromatic amines is 1. The Hall–Kier alpha value is -1.68. The van der Waals surface area contributed by atoms with Crippen LogP contribution >= 0.6 is 0 Å². The summed E-state index contributed by atoms with van der Waals surface area (Å²) in [6.45, 7) is 2.70. The van der Waals surface area contributed by atoms with E-state index in [4.69, 9.17) is 0 Å². The molecule has 0 unspecified atom stereocenters. The van der Waals surface area contributed by atoms with Crippen LogP contribution in [0.1, 0.15) is 24.2 Å². The smallest absolute Gasteiger partial charge is 0.123 e. The fourth-order valence-corrected chi connectivity index (χ4v) is 1.54. The Kier molecular flexibility index (Phi) is 3.31. The van der Waals surface area contributed by atoms with Crippen LogP contribution in [0.15, 0.2) is 36.5 Å². The van der Waals surface area contributed by atoms with Gasteiger partial charge in [0.15, 0.2) is 0 Å². The normalized spacial score (nSPS) is 12.6. The molecule has 2 rings (SSSR count). The van der Waals surface area contributed by atoms with Crippen molar-refractivity contribution in [2.75, 3.05) is 0 Å². The molecule has 0 aliphatic carbocycles. The Bertz CT molecular complexity index is 439. The van der Waals surface area contributed by atoms with Crippen LogP contribution in [0, 0.1) is 5.82 Å². The van der Waals surface area contributed by atoms with Crippen LogP contribution in [0.4, 0.5) is 4.39 Å². The Morgan fingerprint density at radius 3 is 3.00 bits per heavy atom. The lowest BCUT2D eigenvalue weighted by Gasteiger charge is -2.13. The van der Waals surface area contributed by atoms with Gasteiger partial charge in [-0.2, -0.15) is 5.10 Å². The molecule has 1 aromatic carbocycles. The zero-order valence-electron chi connectivity index (χ0n) is 9.07.